The van der Waals surface area contributed by atoms with E-state index in [1.807, 2.05) is 72.8 Å². The molecule has 2 aliphatic rings. The molecular weight excluding hydrogens is 1490 g/mol. The van der Waals surface area contributed by atoms with Crippen molar-refractivity contribution in [3.63, 3.8) is 0 Å². The highest BCUT2D eigenvalue weighted by atomic mass is 16.5. The van der Waals surface area contributed by atoms with Crippen LogP contribution in [0.15, 0.2) is 127 Å². The van der Waals surface area contributed by atoms with Crippen LogP contribution in [0, 0.1) is 22.7 Å². The van der Waals surface area contributed by atoms with Crippen molar-refractivity contribution in [3.8, 4) is 11.1 Å². The predicted molar refractivity (Wildman–Crippen MR) is 434 cm³/mol. The first-order valence-corrected chi connectivity index (χ1v) is 38.9. The number of aliphatic hydroxyl groups is 1. The molecule has 0 spiro atoms. The van der Waals surface area contributed by atoms with Crippen LogP contribution >= 0.6 is 0 Å². The Kier molecular flexibility index (Phi) is 37.1. The highest BCUT2D eigenvalue weighted by Crippen LogP contribution is 2.45. The van der Waals surface area contributed by atoms with E-state index in [0.717, 1.165) is 49.2 Å². The number of rotatable bonds is 51. The number of aliphatic hydroxyl groups excluding tert-OH is 1. The van der Waals surface area contributed by atoms with Crippen LogP contribution in [0.3, 0.4) is 0 Å². The minimum Gasteiger partial charge on any atom is -0.481 e. The van der Waals surface area contributed by atoms with Gasteiger partial charge in [0.05, 0.1) is 36.9 Å². The van der Waals surface area contributed by atoms with E-state index in [0.29, 0.717) is 18.5 Å². The first-order chi connectivity index (χ1) is 55.2. The maximum atomic E-state index is 14.7. The number of para-hydroxylation sites is 1. The first-order valence-electron chi connectivity index (χ1n) is 38.9. The summed E-state index contributed by atoms with van der Waals surface area (Å²) in [5.41, 5.74) is 23.3. The molecule has 1 saturated heterocycles. The van der Waals surface area contributed by atoms with Gasteiger partial charge < -0.3 is 89.9 Å². The van der Waals surface area contributed by atoms with Crippen molar-refractivity contribution in [1.82, 2.24) is 57.7 Å². The number of ketones is 3. The van der Waals surface area contributed by atoms with E-state index in [9.17, 15) is 77.3 Å². The molecule has 3 aromatic carbocycles. The van der Waals surface area contributed by atoms with Gasteiger partial charge in [0, 0.05) is 62.3 Å². The molecule has 10 amide bonds. The van der Waals surface area contributed by atoms with Gasteiger partial charge in [-0.05, 0) is 145 Å². The van der Waals surface area contributed by atoms with Crippen molar-refractivity contribution in [2.45, 2.75) is 211 Å². The van der Waals surface area contributed by atoms with Crippen molar-refractivity contribution in [2.75, 3.05) is 26.3 Å². The van der Waals surface area contributed by atoms with Crippen LogP contribution in [0.25, 0.3) is 22.0 Å². The van der Waals surface area contributed by atoms with Crippen LogP contribution in [0.2, 0.25) is 0 Å². The minimum absolute atomic E-state index is 0.0130. The number of aromatic nitrogens is 1. The quantitative estimate of drug-likeness (QED) is 0.0130. The molecule has 1 unspecified atom stereocenters. The summed E-state index contributed by atoms with van der Waals surface area (Å²) in [4.78, 5) is 199. The van der Waals surface area contributed by atoms with Crippen molar-refractivity contribution in [3.05, 3.63) is 144 Å². The van der Waals surface area contributed by atoms with E-state index in [4.69, 9.17) is 32.8 Å². The van der Waals surface area contributed by atoms with Crippen molar-refractivity contribution in [2.24, 2.45) is 29.0 Å². The number of carboxylic acids is 1. The molecule has 0 radical (unpaired) electrons. The molecule has 626 valence electrons. The van der Waals surface area contributed by atoms with Crippen LogP contribution in [-0.2, 0) is 78.3 Å². The summed E-state index contributed by atoms with van der Waals surface area (Å²) >= 11 is 0. The Bertz CT molecular complexity index is 4240. The lowest BCUT2D eigenvalue weighted by atomic mass is 9.92. The summed E-state index contributed by atoms with van der Waals surface area (Å²) in [6, 6.07) is 11.5. The number of carboxylic acid groups (broad SMARTS) is 1. The number of H-pyrrole nitrogens is 1. The standard InChI is InChI=1S/C83H112N16O17/c1-8-20-51(42-69(103)60(35-32-47(3)4)92-71(104)37-34-54(101)46-116-73-57-25-13-11-23-55(57)56-24-12-14-26-58(56)73)75(108)98-66(45-100)80(113)97-65(44-72(105)106)82(115)99-39-19-30-67(99)81(114)96-63(29-18-38-89-83(87)88)79(112)95-64(36-33-48(5)6)77(110)90-49(7)68(102)43-52(41-53-40-50-22-10-15-27-59(50)91-53)76(109)94-62(28-16-17-31-70(84)85)78(111)93-61(21-9-2)74(86)107/h8-15,22-27,32-33,40,49,51-52,60-67,73,91,100H,1-2,16-21,28-31,34-39,41-46H2,3-7H3,(H3,84,85)(H2,86,107)(H,90,110)(H,92,104)(H,93,111)(H,94,109)(H,95,112)(H,96,114)(H,97,113)(H,98,108)(H,105,106)(H4,87,88,89)/t49-,51+,52+,60-,61-,62-,63-,64-,65-,66-,67?/m0/s1. The molecule has 4 aromatic rings. The molecule has 1 aliphatic heterocycles. The van der Waals surface area contributed by atoms with Gasteiger partial charge in [-0.25, -0.2) is 0 Å². The van der Waals surface area contributed by atoms with Gasteiger partial charge in [0.25, 0.3) is 0 Å². The van der Waals surface area contributed by atoms with Crippen LogP contribution in [0.1, 0.15) is 167 Å². The zero-order valence-electron chi connectivity index (χ0n) is 66.4. The fourth-order valence-electron chi connectivity index (χ4n) is 13.6. The van der Waals surface area contributed by atoms with E-state index in [1.165, 1.54) is 19.1 Å². The van der Waals surface area contributed by atoms with Gasteiger partial charge in [-0.3, -0.25) is 77.9 Å². The van der Waals surface area contributed by atoms with Gasteiger partial charge in [0.1, 0.15) is 55.0 Å². The van der Waals surface area contributed by atoms with Gasteiger partial charge in [-0.15, -0.1) is 13.2 Å². The largest absolute Gasteiger partial charge is 0.481 e. The summed E-state index contributed by atoms with van der Waals surface area (Å²) in [6.45, 7) is 14.2. The molecule has 6 rings (SSSR count). The van der Waals surface area contributed by atoms with Crippen LogP contribution < -0.4 is 65.1 Å². The summed E-state index contributed by atoms with van der Waals surface area (Å²) in [6.07, 6.45) is 3.67. The van der Waals surface area contributed by atoms with E-state index in [-0.39, 0.29) is 115 Å². The number of nitrogens with zero attached hydrogens (tertiary/aromatic N) is 1. The molecule has 2 heterocycles. The van der Waals surface area contributed by atoms with Gasteiger partial charge >= 0.3 is 5.97 Å². The van der Waals surface area contributed by atoms with Crippen molar-refractivity contribution >= 4 is 105 Å². The zero-order valence-corrected chi connectivity index (χ0v) is 66.4. The van der Waals surface area contributed by atoms with Gasteiger partial charge in [0.15, 0.2) is 23.3 Å². The fourth-order valence-corrected chi connectivity index (χ4v) is 13.6. The molecular formula is C83H112N16O17. The number of guanidine groups is 1. The zero-order chi connectivity index (χ0) is 85.3. The number of unbranched alkanes of at least 4 members (excludes halogenated alkanes) is 1. The minimum atomic E-state index is -1.92. The third kappa shape index (κ3) is 29.1. The van der Waals surface area contributed by atoms with Crippen molar-refractivity contribution < 1.29 is 82.1 Å². The normalized spacial score (nSPS) is 15.3. The number of nitrogens with two attached hydrogens (primary N) is 3. The van der Waals surface area contributed by atoms with E-state index < -0.39 is 181 Å². The number of aliphatic carboxylic acids is 1. The number of likely N-dealkylation sites (tertiary alicyclic amines) is 1. The van der Waals surface area contributed by atoms with E-state index in [1.54, 1.807) is 45.9 Å². The number of primary amides is 1. The lowest BCUT2D eigenvalue weighted by Crippen LogP contribution is -2.59. The van der Waals surface area contributed by atoms with Gasteiger partial charge in [-0.2, -0.15) is 0 Å². The maximum Gasteiger partial charge on any atom is 0.305 e. The molecule has 20 N–H and O–H groups in total. The maximum absolute atomic E-state index is 14.7. The average Bonchev–Trinajstić information content (AvgIpc) is 1.62. The predicted octanol–water partition coefficient (Wildman–Crippen LogP) is 3.46. The third-order valence-electron chi connectivity index (χ3n) is 19.8. The smallest absolute Gasteiger partial charge is 0.305 e. The van der Waals surface area contributed by atoms with Crippen LogP contribution in [-0.4, -0.2) is 195 Å². The topological polar surface area (TPSA) is 542 Å². The highest BCUT2D eigenvalue weighted by molar-refractivity contribution is 6.01. The number of allylic oxidation sites excluding steroid dienone is 3. The second-order valence-electron chi connectivity index (χ2n) is 29.7. The second-order valence-corrected chi connectivity index (χ2v) is 29.7. The Labute approximate surface area is 674 Å². The molecule has 33 heteroatoms. The molecule has 116 heavy (non-hydrogen) atoms. The Morgan fingerprint density at radius 2 is 1.15 bits per heavy atom. The highest BCUT2D eigenvalue weighted by Gasteiger charge is 2.42. The second kappa shape index (κ2) is 46.4. The van der Waals surface area contributed by atoms with Crippen LogP contribution in [0.5, 0.6) is 0 Å². The van der Waals surface area contributed by atoms with Crippen molar-refractivity contribution in [1.29, 1.82) is 10.8 Å². The lowest BCUT2D eigenvalue weighted by Gasteiger charge is -2.30. The fraction of sp³-hybridized carbons (Fsp3) is 0.470. The summed E-state index contributed by atoms with van der Waals surface area (Å²) in [7, 11) is 0. The number of benzene rings is 3. The summed E-state index contributed by atoms with van der Waals surface area (Å²) < 4.78 is 6.12. The van der Waals surface area contributed by atoms with E-state index in [2.05, 4.69) is 66.0 Å². The number of carbonyl (C=O) groups excluding carboxylic acids is 13. The number of nitrogens with one attached hydrogen (secondary N) is 12. The lowest BCUT2D eigenvalue weighted by molar-refractivity contribution is -0.146. The molecule has 1 aliphatic carbocycles. The molecule has 0 bridgehead atoms. The number of amides is 10. The number of fused-ring (bicyclic) bond motifs is 4. The number of amidine groups is 1. The Balaban J connectivity index is 1.12. The number of Topliss-reactive ketones (excluding diaryl/α,β-unsaturated/α-hetero) is 3. The number of carbonyl (C=O) groups is 14. The Morgan fingerprint density at radius 3 is 1.75 bits per heavy atom. The number of aromatic amines is 1. The molecule has 1 fully saturated rings. The number of ether oxygens (including phenoxy) is 1. The number of hydrogen-bond acceptors (Lipinski definition) is 18. The van der Waals surface area contributed by atoms with Crippen LogP contribution in [0.4, 0.5) is 0 Å². The third-order valence-corrected chi connectivity index (χ3v) is 19.8. The molecule has 0 saturated carbocycles. The monoisotopic (exact) mass is 1600 g/mol. The molecule has 33 nitrogen and oxygen atoms in total. The average molecular weight is 1610 g/mol. The Morgan fingerprint density at radius 1 is 0.595 bits per heavy atom. The SMILES string of the molecule is C=CC[C@H](CC(=O)[C@H](CC=C(C)C)NC(=O)CCC(=O)COC1c2ccccc2-c2ccccc21)C(=O)N[C@@H](CO)C(=O)N[C@@H](CC(=O)O)C(=O)N1CCCC1C(=O)N[C@@H](CCCNC(=N)N)C(=O)N[C@@H](CC=C(C)C)C(=O)N[C@@H](C)C(=O)C[C@@H](Cc1cc2ccccc2[nH]1)C(=O)N[C@@H](CCCCC(=N)N)C(=O)N[C@@H](CC=C)C(N)=O. The van der Waals surface area contributed by atoms with E-state index >= 15 is 0 Å². The Hall–Kier alpha value is -12.0. The molecule has 1 aromatic heterocycles. The summed E-state index contributed by atoms with van der Waals surface area (Å²) in [5.74, 6) is -14.9. The van der Waals surface area contributed by atoms with Gasteiger partial charge in [-0.1, -0.05) is 109 Å². The summed E-state index contributed by atoms with van der Waals surface area (Å²) in [5, 5.41) is 60.1. The first kappa shape index (κ1) is 92.9. The van der Waals surface area contributed by atoms with Gasteiger partial charge in [0.2, 0.25) is 59.1 Å². The number of hydrogen-bond donors (Lipinski definition) is 17. The molecule has 11 atom stereocenters.